The van der Waals surface area contributed by atoms with Crippen molar-refractivity contribution in [1.29, 1.82) is 0 Å². The van der Waals surface area contributed by atoms with Gasteiger partial charge in [0.25, 0.3) is 0 Å². The molecule has 1 aliphatic rings. The number of nitrogens with zero attached hydrogens (tertiary/aromatic N) is 1. The molecule has 0 unspecified atom stereocenters. The average molecular weight is 265 g/mol. The molecule has 1 N–H and O–H groups in total. The number of carboxylic acids is 1. The topological polar surface area (TPSA) is 40.5 Å². The Hall–Kier alpha value is -1.13. The van der Waals surface area contributed by atoms with Crippen LogP contribution in [0.1, 0.15) is 36.1 Å². The highest BCUT2D eigenvalue weighted by atomic mass is 32.1. The van der Waals surface area contributed by atoms with Crippen LogP contribution in [0.15, 0.2) is 17.5 Å². The molecule has 0 bridgehead atoms. The highest BCUT2D eigenvalue weighted by Gasteiger charge is 2.10. The molecular weight excluding hydrogens is 246 g/mol. The molecular formula is C14H19NO2S. The third kappa shape index (κ3) is 4.27. The maximum Gasteiger partial charge on any atom is 0.328 e. The number of hydrogen-bond donors (Lipinski definition) is 1. The van der Waals surface area contributed by atoms with Gasteiger partial charge in [0.1, 0.15) is 0 Å². The number of carbonyl (C=O) groups is 1. The Kier molecular flexibility index (Phi) is 4.96. The van der Waals surface area contributed by atoms with Gasteiger partial charge in [0, 0.05) is 17.5 Å². The third-order valence-corrected chi connectivity index (χ3v) is 4.11. The molecule has 0 amide bonds. The van der Waals surface area contributed by atoms with E-state index in [1.165, 1.54) is 49.7 Å². The summed E-state index contributed by atoms with van der Waals surface area (Å²) in [5, 5.41) is 10.6. The summed E-state index contributed by atoms with van der Waals surface area (Å²) in [6.07, 6.45) is 8.16. The quantitative estimate of drug-likeness (QED) is 0.850. The van der Waals surface area contributed by atoms with Crippen molar-refractivity contribution >= 4 is 23.4 Å². The molecule has 98 valence electrons. The van der Waals surface area contributed by atoms with Crippen molar-refractivity contribution in [3.05, 3.63) is 28.0 Å². The van der Waals surface area contributed by atoms with Crippen LogP contribution in [0, 0.1) is 0 Å². The molecule has 2 rings (SSSR count). The van der Waals surface area contributed by atoms with E-state index in [4.69, 9.17) is 5.11 Å². The molecule has 1 aliphatic heterocycles. The van der Waals surface area contributed by atoms with Gasteiger partial charge >= 0.3 is 5.97 Å². The van der Waals surface area contributed by atoms with E-state index in [0.29, 0.717) is 0 Å². The van der Waals surface area contributed by atoms with Crippen LogP contribution in [0.2, 0.25) is 0 Å². The van der Waals surface area contributed by atoms with Crippen LogP contribution in [-0.4, -0.2) is 29.1 Å². The number of carboxylic acid groups (broad SMARTS) is 1. The average Bonchev–Trinajstić information content (AvgIpc) is 2.62. The van der Waals surface area contributed by atoms with Gasteiger partial charge in [-0.1, -0.05) is 12.8 Å². The molecule has 0 radical (unpaired) electrons. The lowest BCUT2D eigenvalue weighted by Crippen LogP contribution is -2.23. The fourth-order valence-corrected chi connectivity index (χ4v) is 3.15. The predicted molar refractivity (Wildman–Crippen MR) is 74.7 cm³/mol. The van der Waals surface area contributed by atoms with E-state index < -0.39 is 5.97 Å². The first-order valence-corrected chi connectivity index (χ1v) is 7.33. The minimum absolute atomic E-state index is 0.893. The van der Waals surface area contributed by atoms with Crippen LogP contribution in [0.3, 0.4) is 0 Å². The zero-order valence-corrected chi connectivity index (χ0v) is 11.3. The van der Waals surface area contributed by atoms with E-state index in [1.807, 2.05) is 5.38 Å². The molecule has 18 heavy (non-hydrogen) atoms. The number of rotatable bonds is 4. The highest BCUT2D eigenvalue weighted by Crippen LogP contribution is 2.20. The maximum atomic E-state index is 10.4. The van der Waals surface area contributed by atoms with Crippen molar-refractivity contribution < 1.29 is 9.90 Å². The molecule has 1 aromatic heterocycles. The monoisotopic (exact) mass is 265 g/mol. The SMILES string of the molecule is O=C(O)C=Cc1csc(CN2CCCCCC2)c1. The molecule has 1 aromatic rings. The number of hydrogen-bond acceptors (Lipinski definition) is 3. The van der Waals surface area contributed by atoms with Gasteiger partial charge in [0.15, 0.2) is 0 Å². The lowest BCUT2D eigenvalue weighted by molar-refractivity contribution is -0.131. The Morgan fingerprint density at radius 3 is 2.72 bits per heavy atom. The molecule has 0 aliphatic carbocycles. The van der Waals surface area contributed by atoms with Crippen LogP contribution in [0.25, 0.3) is 6.08 Å². The van der Waals surface area contributed by atoms with Crippen molar-refractivity contribution in [2.75, 3.05) is 13.1 Å². The first-order valence-electron chi connectivity index (χ1n) is 6.45. The van der Waals surface area contributed by atoms with Gasteiger partial charge in [-0.15, -0.1) is 11.3 Å². The highest BCUT2D eigenvalue weighted by molar-refractivity contribution is 7.10. The van der Waals surface area contributed by atoms with Crippen LogP contribution < -0.4 is 0 Å². The Morgan fingerprint density at radius 1 is 1.33 bits per heavy atom. The zero-order valence-electron chi connectivity index (χ0n) is 10.5. The van der Waals surface area contributed by atoms with Crippen molar-refractivity contribution in [2.24, 2.45) is 0 Å². The van der Waals surface area contributed by atoms with Crippen LogP contribution in [0.5, 0.6) is 0 Å². The largest absolute Gasteiger partial charge is 0.478 e. The van der Waals surface area contributed by atoms with E-state index in [0.717, 1.165) is 12.1 Å². The van der Waals surface area contributed by atoms with Gasteiger partial charge in [-0.05, 0) is 49.0 Å². The fraction of sp³-hybridized carbons (Fsp3) is 0.500. The smallest absolute Gasteiger partial charge is 0.328 e. The minimum Gasteiger partial charge on any atom is -0.478 e. The summed E-state index contributed by atoms with van der Waals surface area (Å²) in [4.78, 5) is 14.3. The van der Waals surface area contributed by atoms with Crippen LogP contribution >= 0.6 is 11.3 Å². The predicted octanol–water partition coefficient (Wildman–Crippen LogP) is 3.22. The summed E-state index contributed by atoms with van der Waals surface area (Å²) in [5.74, 6) is -0.893. The van der Waals surface area contributed by atoms with E-state index in [-0.39, 0.29) is 0 Å². The van der Waals surface area contributed by atoms with E-state index >= 15 is 0 Å². The lowest BCUT2D eigenvalue weighted by atomic mass is 10.2. The number of thiophene rings is 1. The van der Waals surface area contributed by atoms with Crippen LogP contribution in [0.4, 0.5) is 0 Å². The third-order valence-electron chi connectivity index (χ3n) is 3.17. The molecule has 0 aromatic carbocycles. The summed E-state index contributed by atoms with van der Waals surface area (Å²) < 4.78 is 0. The molecule has 4 heteroatoms. The molecule has 0 spiro atoms. The second-order valence-electron chi connectivity index (χ2n) is 4.71. The number of likely N-dealkylation sites (tertiary alicyclic amines) is 1. The standard InChI is InChI=1S/C14H19NO2S/c16-14(17)6-5-12-9-13(18-11-12)10-15-7-3-1-2-4-8-15/h5-6,9,11H,1-4,7-8,10H2,(H,16,17). The van der Waals surface area contributed by atoms with Gasteiger partial charge in [0.05, 0.1) is 0 Å². The van der Waals surface area contributed by atoms with Crippen molar-refractivity contribution in [2.45, 2.75) is 32.2 Å². The van der Waals surface area contributed by atoms with Gasteiger partial charge in [-0.2, -0.15) is 0 Å². The molecule has 1 fully saturated rings. The molecule has 1 saturated heterocycles. The minimum atomic E-state index is -0.893. The van der Waals surface area contributed by atoms with Crippen molar-refractivity contribution in [1.82, 2.24) is 4.90 Å². The Labute approximate surface area is 112 Å². The fourth-order valence-electron chi connectivity index (χ4n) is 2.25. The summed E-state index contributed by atoms with van der Waals surface area (Å²) in [6, 6.07) is 2.09. The second kappa shape index (κ2) is 6.71. The normalized spacial score (nSPS) is 18.0. The molecule has 0 atom stereocenters. The van der Waals surface area contributed by atoms with E-state index in [1.54, 1.807) is 17.4 Å². The summed E-state index contributed by atoms with van der Waals surface area (Å²) >= 11 is 1.72. The van der Waals surface area contributed by atoms with Crippen molar-refractivity contribution in [3.63, 3.8) is 0 Å². The summed E-state index contributed by atoms with van der Waals surface area (Å²) in [6.45, 7) is 3.39. The first-order chi connectivity index (χ1) is 8.74. The Morgan fingerprint density at radius 2 is 2.06 bits per heavy atom. The summed E-state index contributed by atoms with van der Waals surface area (Å²) in [5.41, 5.74) is 0.993. The first kappa shape index (κ1) is 13.3. The van der Waals surface area contributed by atoms with E-state index in [9.17, 15) is 4.79 Å². The molecule has 2 heterocycles. The van der Waals surface area contributed by atoms with Gasteiger partial charge < -0.3 is 5.11 Å². The Bertz CT molecular complexity index is 417. The van der Waals surface area contributed by atoms with Crippen LogP contribution in [-0.2, 0) is 11.3 Å². The summed E-state index contributed by atoms with van der Waals surface area (Å²) in [7, 11) is 0. The molecule has 3 nitrogen and oxygen atoms in total. The lowest BCUT2D eigenvalue weighted by Gasteiger charge is -2.18. The maximum absolute atomic E-state index is 10.4. The molecule has 0 saturated carbocycles. The Balaban J connectivity index is 1.91. The van der Waals surface area contributed by atoms with Gasteiger partial charge in [-0.25, -0.2) is 4.79 Å². The van der Waals surface area contributed by atoms with E-state index in [2.05, 4.69) is 11.0 Å². The van der Waals surface area contributed by atoms with Gasteiger partial charge in [0.2, 0.25) is 0 Å². The van der Waals surface area contributed by atoms with Gasteiger partial charge in [-0.3, -0.25) is 4.90 Å². The second-order valence-corrected chi connectivity index (χ2v) is 5.70. The number of aliphatic carboxylic acids is 1. The zero-order chi connectivity index (χ0) is 12.8. The van der Waals surface area contributed by atoms with Crippen molar-refractivity contribution in [3.8, 4) is 0 Å².